The van der Waals surface area contributed by atoms with Crippen LogP contribution in [-0.2, 0) is 50.2 Å². The smallest absolute Gasteiger partial charge is 0.311 e. The molecule has 0 aliphatic carbocycles. The van der Waals surface area contributed by atoms with Crippen LogP contribution in [0.2, 0.25) is 0 Å². The molecule has 1 amide bonds. The van der Waals surface area contributed by atoms with Crippen LogP contribution in [0.4, 0.5) is 0 Å². The molecule has 3 aromatic rings. The van der Waals surface area contributed by atoms with E-state index in [9.17, 15) is 14.4 Å². The summed E-state index contributed by atoms with van der Waals surface area (Å²) in [5.74, 6) is -0.272. The predicted octanol–water partition coefficient (Wildman–Crippen LogP) is 7.19. The third-order valence-corrected chi connectivity index (χ3v) is 8.71. The molecule has 242 valence electrons. The van der Waals surface area contributed by atoms with Crippen LogP contribution in [-0.4, -0.2) is 34.6 Å². The molecule has 1 N–H and O–H groups in total. The minimum absolute atomic E-state index is 0.0857. The summed E-state index contributed by atoms with van der Waals surface area (Å²) in [5.41, 5.74) is 8.73. The van der Waals surface area contributed by atoms with Gasteiger partial charge in [0.15, 0.2) is 5.76 Å². The molecule has 1 heterocycles. The van der Waals surface area contributed by atoms with Gasteiger partial charge in [-0.25, -0.2) is 0 Å². The number of nitrogens with one attached hydrogen (secondary N) is 1. The molecule has 0 saturated carbocycles. The second kappa shape index (κ2) is 16.3. The summed E-state index contributed by atoms with van der Waals surface area (Å²) in [6, 6.07) is 16.6. The average molecular weight is 615 g/mol. The number of carbonyl (C=O) groups excluding carboxylic acids is 3. The van der Waals surface area contributed by atoms with Gasteiger partial charge in [0.25, 0.3) is 0 Å². The summed E-state index contributed by atoms with van der Waals surface area (Å²) in [7, 11) is 1.96. The van der Waals surface area contributed by atoms with Gasteiger partial charge in [-0.3, -0.25) is 14.4 Å². The van der Waals surface area contributed by atoms with E-state index in [1.165, 1.54) is 47.2 Å². The van der Waals surface area contributed by atoms with E-state index in [1.807, 2.05) is 36.7 Å². The molecular formula is C38H50N2O5. The van der Waals surface area contributed by atoms with Crippen molar-refractivity contribution in [2.75, 3.05) is 6.61 Å². The molecule has 0 aliphatic rings. The number of nitrogens with zero attached hydrogens (tertiary/aromatic N) is 1. The molecule has 0 saturated heterocycles. The number of aromatic nitrogens is 1. The Morgan fingerprint density at radius 3 is 2.09 bits per heavy atom. The number of esters is 2. The van der Waals surface area contributed by atoms with Gasteiger partial charge in [-0.2, -0.15) is 0 Å². The van der Waals surface area contributed by atoms with Crippen LogP contribution in [0.5, 0.6) is 0 Å². The van der Waals surface area contributed by atoms with E-state index in [2.05, 4.69) is 69.4 Å². The number of aryl methyl sites for hydroxylation is 5. The lowest BCUT2D eigenvalue weighted by atomic mass is 9.95. The van der Waals surface area contributed by atoms with Crippen molar-refractivity contribution in [2.45, 2.75) is 99.0 Å². The molecule has 0 aliphatic heterocycles. The third kappa shape index (κ3) is 10.5. The van der Waals surface area contributed by atoms with Crippen LogP contribution in [0.3, 0.4) is 0 Å². The van der Waals surface area contributed by atoms with Crippen LogP contribution in [0.15, 0.2) is 54.6 Å². The monoisotopic (exact) mass is 614 g/mol. The molecular weight excluding hydrogens is 564 g/mol. The highest BCUT2D eigenvalue weighted by Gasteiger charge is 2.27. The number of ether oxygens (including phenoxy) is 2. The van der Waals surface area contributed by atoms with Crippen molar-refractivity contribution in [3.63, 3.8) is 0 Å². The van der Waals surface area contributed by atoms with Crippen LogP contribution >= 0.6 is 0 Å². The molecule has 45 heavy (non-hydrogen) atoms. The Hall–Kier alpha value is -4.13. The highest BCUT2D eigenvalue weighted by molar-refractivity contribution is 5.77. The number of hydrogen-bond acceptors (Lipinski definition) is 5. The Bertz CT molecular complexity index is 1530. The van der Waals surface area contributed by atoms with Crippen LogP contribution in [0.1, 0.15) is 91.2 Å². The van der Waals surface area contributed by atoms with E-state index >= 15 is 0 Å². The second-order valence-corrected chi connectivity index (χ2v) is 12.4. The molecule has 3 rings (SSSR count). The lowest BCUT2D eigenvalue weighted by Crippen LogP contribution is -2.49. The number of benzene rings is 2. The van der Waals surface area contributed by atoms with E-state index in [0.29, 0.717) is 31.4 Å². The first-order valence-corrected chi connectivity index (χ1v) is 15.9. The quantitative estimate of drug-likeness (QED) is 0.145. The molecule has 0 radical (unpaired) electrons. The molecule has 1 atom stereocenters. The molecule has 7 nitrogen and oxygen atoms in total. The molecule has 0 fully saturated rings. The van der Waals surface area contributed by atoms with Crippen molar-refractivity contribution in [2.24, 2.45) is 7.05 Å². The SMILES string of the molecule is CC(=O)N[C@](C)(CCc1ccc(C(=CCCc2cccc(C)c2C)OC(=O)CCCc2cccc(C)c2C)n1C)COC(C)=O. The maximum atomic E-state index is 13.2. The summed E-state index contributed by atoms with van der Waals surface area (Å²) in [5, 5.41) is 2.94. The molecule has 0 unspecified atom stereocenters. The topological polar surface area (TPSA) is 86.6 Å². The van der Waals surface area contributed by atoms with Crippen LogP contribution in [0, 0.1) is 27.7 Å². The Morgan fingerprint density at radius 2 is 1.49 bits per heavy atom. The Balaban J connectivity index is 1.78. The van der Waals surface area contributed by atoms with E-state index < -0.39 is 5.54 Å². The standard InChI is InChI=1S/C38H50N2O5/c1-26-13-9-15-32(28(26)3)17-11-19-36(45-37(43)20-12-18-33-16-10-14-27(2)29(33)4)35-22-21-34(40(35)8)23-24-38(7,39-30(5)41)25-44-31(6)42/h9-10,13-16,19,21-22H,11-12,17-18,20,23-25H2,1-8H3,(H,39,41)/t38-/m1/s1. The predicted molar refractivity (Wildman–Crippen MR) is 180 cm³/mol. The minimum Gasteiger partial charge on any atom is -0.463 e. The third-order valence-electron chi connectivity index (χ3n) is 8.71. The second-order valence-electron chi connectivity index (χ2n) is 12.4. The average Bonchev–Trinajstić information content (AvgIpc) is 3.34. The highest BCUT2D eigenvalue weighted by Crippen LogP contribution is 2.25. The highest BCUT2D eigenvalue weighted by atomic mass is 16.5. The zero-order valence-corrected chi connectivity index (χ0v) is 28.3. The Morgan fingerprint density at radius 1 is 0.867 bits per heavy atom. The van der Waals surface area contributed by atoms with Crippen molar-refractivity contribution >= 4 is 23.6 Å². The van der Waals surface area contributed by atoms with Gasteiger partial charge in [0, 0.05) is 33.0 Å². The first-order chi connectivity index (χ1) is 21.3. The van der Waals surface area contributed by atoms with E-state index in [4.69, 9.17) is 9.47 Å². The molecule has 0 spiro atoms. The summed E-state index contributed by atoms with van der Waals surface area (Å²) < 4.78 is 13.4. The van der Waals surface area contributed by atoms with Crippen molar-refractivity contribution in [1.82, 2.24) is 9.88 Å². The van der Waals surface area contributed by atoms with Crippen molar-refractivity contribution < 1.29 is 23.9 Å². The lowest BCUT2D eigenvalue weighted by molar-refractivity contribution is -0.144. The van der Waals surface area contributed by atoms with Gasteiger partial charge in [-0.15, -0.1) is 0 Å². The molecule has 7 heteroatoms. The molecule has 1 aromatic heterocycles. The number of rotatable bonds is 15. The number of hydrogen-bond donors (Lipinski definition) is 1. The first kappa shape index (κ1) is 35.4. The lowest BCUT2D eigenvalue weighted by Gasteiger charge is -2.30. The normalized spacial score (nSPS) is 12.8. The maximum Gasteiger partial charge on any atom is 0.311 e. The fourth-order valence-electron chi connectivity index (χ4n) is 5.63. The van der Waals surface area contributed by atoms with Crippen molar-refractivity contribution in [3.8, 4) is 0 Å². The Labute approximate surface area is 269 Å². The van der Waals surface area contributed by atoms with Crippen molar-refractivity contribution in [3.05, 3.63) is 99.4 Å². The minimum atomic E-state index is -0.714. The Kier molecular flexibility index (Phi) is 12.8. The van der Waals surface area contributed by atoms with E-state index in [1.54, 1.807) is 0 Å². The van der Waals surface area contributed by atoms with Crippen molar-refractivity contribution in [1.29, 1.82) is 0 Å². The van der Waals surface area contributed by atoms with Crippen LogP contribution < -0.4 is 5.32 Å². The first-order valence-electron chi connectivity index (χ1n) is 15.9. The zero-order valence-electron chi connectivity index (χ0n) is 28.3. The number of amides is 1. The summed E-state index contributed by atoms with van der Waals surface area (Å²) in [6.07, 6.45) is 6.61. The van der Waals surface area contributed by atoms with Gasteiger partial charge < -0.3 is 19.4 Å². The fourth-order valence-corrected chi connectivity index (χ4v) is 5.63. The summed E-state index contributed by atoms with van der Waals surface area (Å²) in [4.78, 5) is 36.5. The van der Waals surface area contributed by atoms with E-state index in [-0.39, 0.29) is 24.5 Å². The summed E-state index contributed by atoms with van der Waals surface area (Å²) >= 11 is 0. The van der Waals surface area contributed by atoms with Gasteiger partial charge in [-0.05, 0) is 125 Å². The fraction of sp³-hybridized carbons (Fsp3) is 0.447. The molecule has 2 aromatic carbocycles. The molecule has 0 bridgehead atoms. The largest absolute Gasteiger partial charge is 0.463 e. The zero-order chi connectivity index (χ0) is 33.1. The number of allylic oxidation sites excluding steroid dienone is 1. The summed E-state index contributed by atoms with van der Waals surface area (Å²) in [6.45, 7) is 13.3. The van der Waals surface area contributed by atoms with E-state index in [0.717, 1.165) is 30.7 Å². The van der Waals surface area contributed by atoms with Gasteiger partial charge in [-0.1, -0.05) is 36.4 Å². The maximum absolute atomic E-state index is 13.2. The van der Waals surface area contributed by atoms with Crippen LogP contribution in [0.25, 0.3) is 5.76 Å². The van der Waals surface area contributed by atoms with Gasteiger partial charge in [0.05, 0.1) is 11.2 Å². The van der Waals surface area contributed by atoms with Gasteiger partial charge in [0.2, 0.25) is 5.91 Å². The van der Waals surface area contributed by atoms with Gasteiger partial charge in [0.1, 0.15) is 6.61 Å². The van der Waals surface area contributed by atoms with Gasteiger partial charge >= 0.3 is 11.9 Å². The number of carbonyl (C=O) groups is 3.